The molecule has 2 aromatic heterocycles. The predicted octanol–water partition coefficient (Wildman–Crippen LogP) is 6.87. The molecule has 8 heteroatoms. The summed E-state index contributed by atoms with van der Waals surface area (Å²) in [6, 6.07) is 13.7. The van der Waals surface area contributed by atoms with Crippen molar-refractivity contribution in [3.63, 3.8) is 0 Å². The highest BCUT2D eigenvalue weighted by molar-refractivity contribution is 8.19. The predicted molar refractivity (Wildman–Crippen MR) is 131 cm³/mol. The van der Waals surface area contributed by atoms with Crippen molar-refractivity contribution >= 4 is 74.1 Å². The second kappa shape index (κ2) is 8.28. The molecule has 0 saturated carbocycles. The Kier molecular flexibility index (Phi) is 5.48. The lowest BCUT2D eigenvalue weighted by atomic mass is 10.0. The Morgan fingerprint density at radius 1 is 1.16 bits per heavy atom. The molecule has 1 atom stereocenters. The number of hydrogen-bond acceptors (Lipinski definition) is 5. The van der Waals surface area contributed by atoms with Gasteiger partial charge in [0.1, 0.15) is 10.9 Å². The lowest BCUT2D eigenvalue weighted by Gasteiger charge is -2.06. The minimum absolute atomic E-state index is 0.0636. The number of benzene rings is 2. The number of halogens is 2. The smallest absolute Gasteiger partial charge is 0.186 e. The van der Waals surface area contributed by atoms with E-state index >= 15 is 0 Å². The van der Waals surface area contributed by atoms with Crippen LogP contribution in [0.5, 0.6) is 0 Å². The van der Waals surface area contributed by atoms with Crippen LogP contribution in [0.3, 0.4) is 0 Å². The average molecular weight is 484 g/mol. The Morgan fingerprint density at radius 2 is 2.00 bits per heavy atom. The molecule has 5 rings (SSSR count). The lowest BCUT2D eigenvalue weighted by molar-refractivity contribution is -0.114. The largest absolute Gasteiger partial charge is 0.342 e. The first-order chi connectivity index (χ1) is 15.0. The molecule has 1 aliphatic rings. The highest BCUT2D eigenvalue weighted by Gasteiger charge is 2.38. The topological polar surface area (TPSA) is 58.7 Å². The number of thiazole rings is 1. The summed E-state index contributed by atoms with van der Waals surface area (Å²) in [5.74, 6) is -0.646. The van der Waals surface area contributed by atoms with Crippen molar-refractivity contribution in [1.29, 1.82) is 5.41 Å². The Labute approximate surface area is 197 Å². The Morgan fingerprint density at radius 3 is 2.77 bits per heavy atom. The fourth-order valence-corrected chi connectivity index (χ4v) is 5.80. The molecular weight excluding hydrogens is 469 g/mol. The molecule has 1 aliphatic heterocycles. The lowest BCUT2D eigenvalue weighted by Crippen LogP contribution is -2.11. The molecule has 4 aromatic rings. The van der Waals surface area contributed by atoms with E-state index in [0.717, 1.165) is 22.0 Å². The molecule has 0 bridgehead atoms. The normalized spacial score (nSPS) is 17.9. The van der Waals surface area contributed by atoms with Crippen LogP contribution in [0.15, 0.2) is 65.1 Å². The van der Waals surface area contributed by atoms with Gasteiger partial charge in [-0.3, -0.25) is 10.2 Å². The van der Waals surface area contributed by atoms with Gasteiger partial charge in [-0.25, -0.2) is 4.98 Å². The van der Waals surface area contributed by atoms with Crippen molar-refractivity contribution < 1.29 is 4.79 Å². The van der Waals surface area contributed by atoms with Gasteiger partial charge in [-0.05, 0) is 29.8 Å². The molecule has 2 aromatic carbocycles. The molecule has 0 amide bonds. The summed E-state index contributed by atoms with van der Waals surface area (Å²) in [5.41, 5.74) is 3.04. The van der Waals surface area contributed by atoms with E-state index in [4.69, 9.17) is 28.6 Å². The molecule has 31 heavy (non-hydrogen) atoms. The number of nitrogens with zero attached hydrogens (tertiary/aromatic N) is 2. The van der Waals surface area contributed by atoms with Gasteiger partial charge in [0.05, 0.1) is 20.0 Å². The summed E-state index contributed by atoms with van der Waals surface area (Å²) in [4.78, 5) is 17.8. The zero-order chi connectivity index (χ0) is 21.5. The molecule has 1 N–H and O–H groups in total. The van der Waals surface area contributed by atoms with Gasteiger partial charge in [0.15, 0.2) is 5.78 Å². The van der Waals surface area contributed by atoms with Crippen molar-refractivity contribution in [2.45, 2.75) is 12.5 Å². The van der Waals surface area contributed by atoms with E-state index < -0.39 is 5.92 Å². The van der Waals surface area contributed by atoms with Crippen molar-refractivity contribution in [3.05, 3.63) is 91.3 Å². The molecule has 0 aliphatic carbocycles. The van der Waals surface area contributed by atoms with Gasteiger partial charge >= 0.3 is 0 Å². The number of allylic oxidation sites excluding steroid dienone is 1. The standard InChI is InChI=1S/C23H15Cl2N3OS2/c24-16-6-5-13(9-17(16)25)11-28-12-14(15-3-1-2-4-18(15)28)10-19-21(29)20(22(26)31-19)23-27-7-8-30-23/h1-10,12,20,26H,11H2/b19-10-,26-22?/t20-/m0/s1. The summed E-state index contributed by atoms with van der Waals surface area (Å²) >= 11 is 14.9. The molecular formula is C23H15Cl2N3OS2. The maximum atomic E-state index is 13.0. The number of ketones is 1. The minimum Gasteiger partial charge on any atom is -0.342 e. The van der Waals surface area contributed by atoms with Gasteiger partial charge < -0.3 is 4.57 Å². The number of aromatic nitrogens is 2. The Hall–Kier alpha value is -2.38. The van der Waals surface area contributed by atoms with E-state index in [0.29, 0.717) is 31.5 Å². The summed E-state index contributed by atoms with van der Waals surface area (Å²) in [7, 11) is 0. The van der Waals surface area contributed by atoms with Crippen LogP contribution in [0.2, 0.25) is 10.0 Å². The third-order valence-electron chi connectivity index (χ3n) is 5.13. The van der Waals surface area contributed by atoms with E-state index in [-0.39, 0.29) is 5.78 Å². The minimum atomic E-state index is -0.583. The molecule has 154 valence electrons. The SMILES string of the molecule is N=C1S/C(=C\c2cn(Cc3ccc(Cl)c(Cl)c3)c3ccccc23)C(=O)[C@@H]1c1nccs1. The molecule has 0 spiro atoms. The number of carbonyl (C=O) groups excluding carboxylic acids is 1. The molecule has 3 heterocycles. The van der Waals surface area contributed by atoms with E-state index in [1.165, 1.54) is 23.1 Å². The van der Waals surface area contributed by atoms with Crippen LogP contribution in [0, 0.1) is 5.41 Å². The number of fused-ring (bicyclic) bond motifs is 1. The third-order valence-corrected chi connectivity index (χ3v) is 7.70. The van der Waals surface area contributed by atoms with Crippen LogP contribution < -0.4 is 0 Å². The van der Waals surface area contributed by atoms with Gasteiger partial charge in [-0.2, -0.15) is 0 Å². The van der Waals surface area contributed by atoms with Gasteiger partial charge in [-0.1, -0.05) is 59.2 Å². The van der Waals surface area contributed by atoms with Gasteiger partial charge in [0.25, 0.3) is 0 Å². The van der Waals surface area contributed by atoms with Crippen molar-refractivity contribution in [1.82, 2.24) is 9.55 Å². The fourth-order valence-electron chi connectivity index (χ4n) is 3.69. The molecule has 1 fully saturated rings. The Bertz CT molecular complexity index is 1360. The summed E-state index contributed by atoms with van der Waals surface area (Å²) in [5, 5.41) is 13.2. The second-order valence-electron chi connectivity index (χ2n) is 7.12. The maximum Gasteiger partial charge on any atom is 0.186 e. The molecule has 1 saturated heterocycles. The zero-order valence-corrected chi connectivity index (χ0v) is 19.2. The number of nitrogens with one attached hydrogen (secondary N) is 1. The number of thioether (sulfide) groups is 1. The molecule has 4 nitrogen and oxygen atoms in total. The first-order valence-electron chi connectivity index (χ1n) is 9.44. The number of Topliss-reactive ketones (excluding diaryl/α,β-unsaturated/α-hetero) is 1. The van der Waals surface area contributed by atoms with E-state index in [1.807, 2.05) is 48.0 Å². The summed E-state index contributed by atoms with van der Waals surface area (Å²) < 4.78 is 2.13. The van der Waals surface area contributed by atoms with E-state index in [1.54, 1.807) is 12.3 Å². The number of carbonyl (C=O) groups is 1. The fraction of sp³-hybridized carbons (Fsp3) is 0.0870. The van der Waals surface area contributed by atoms with E-state index in [2.05, 4.69) is 15.6 Å². The van der Waals surface area contributed by atoms with Crippen LogP contribution in [-0.4, -0.2) is 20.4 Å². The first-order valence-corrected chi connectivity index (χ1v) is 11.9. The highest BCUT2D eigenvalue weighted by atomic mass is 35.5. The third kappa shape index (κ3) is 3.85. The highest BCUT2D eigenvalue weighted by Crippen LogP contribution is 2.42. The van der Waals surface area contributed by atoms with Crippen LogP contribution in [-0.2, 0) is 11.3 Å². The van der Waals surface area contributed by atoms with Crippen LogP contribution >= 0.6 is 46.3 Å². The number of rotatable bonds is 4. The summed E-state index contributed by atoms with van der Waals surface area (Å²) in [6.07, 6.45) is 5.60. The number of para-hydroxylation sites is 1. The quantitative estimate of drug-likeness (QED) is 0.322. The van der Waals surface area contributed by atoms with E-state index in [9.17, 15) is 4.79 Å². The van der Waals surface area contributed by atoms with Crippen LogP contribution in [0.1, 0.15) is 22.1 Å². The summed E-state index contributed by atoms with van der Waals surface area (Å²) in [6.45, 7) is 0.624. The van der Waals surface area contributed by atoms with Crippen LogP contribution in [0.25, 0.3) is 17.0 Å². The van der Waals surface area contributed by atoms with Crippen molar-refractivity contribution in [2.75, 3.05) is 0 Å². The van der Waals surface area contributed by atoms with Crippen molar-refractivity contribution in [2.24, 2.45) is 0 Å². The maximum absolute atomic E-state index is 13.0. The van der Waals surface area contributed by atoms with Gasteiger partial charge in [0, 0.05) is 40.8 Å². The van der Waals surface area contributed by atoms with Gasteiger partial charge in [-0.15, -0.1) is 11.3 Å². The zero-order valence-electron chi connectivity index (χ0n) is 16.0. The average Bonchev–Trinajstić information content (AvgIpc) is 3.45. The number of hydrogen-bond donors (Lipinski definition) is 1. The first kappa shape index (κ1) is 20.5. The van der Waals surface area contributed by atoms with Gasteiger partial charge in [0.2, 0.25) is 0 Å². The Balaban J connectivity index is 1.53. The monoisotopic (exact) mass is 483 g/mol. The second-order valence-corrected chi connectivity index (χ2v) is 9.94. The molecule has 0 unspecified atom stereocenters. The van der Waals surface area contributed by atoms with Crippen molar-refractivity contribution in [3.8, 4) is 0 Å². The van der Waals surface area contributed by atoms with Crippen LogP contribution in [0.4, 0.5) is 0 Å². The molecule has 0 radical (unpaired) electrons.